The van der Waals surface area contributed by atoms with Crippen molar-refractivity contribution in [3.05, 3.63) is 34.3 Å². The Labute approximate surface area is 111 Å². The van der Waals surface area contributed by atoms with Gasteiger partial charge in [-0.05, 0) is 30.2 Å². The van der Waals surface area contributed by atoms with E-state index in [1.165, 1.54) is 10.1 Å². The molecule has 2 N–H and O–H groups in total. The maximum atomic E-state index is 11.5. The molecule has 1 saturated heterocycles. The Bertz CT molecular complexity index is 667. The first-order chi connectivity index (χ1) is 9.08. The lowest BCUT2D eigenvalue weighted by Crippen LogP contribution is -2.53. The van der Waals surface area contributed by atoms with Crippen LogP contribution in [0.2, 0.25) is 0 Å². The predicted octanol–water partition coefficient (Wildman–Crippen LogP) is 0.994. The van der Waals surface area contributed by atoms with E-state index in [1.807, 2.05) is 18.2 Å². The van der Waals surface area contributed by atoms with Gasteiger partial charge in [0.15, 0.2) is 5.58 Å². The van der Waals surface area contributed by atoms with E-state index in [0.717, 1.165) is 5.52 Å². The molecule has 0 saturated carbocycles. The number of hydrogen-bond acceptors (Lipinski definition) is 4. The van der Waals surface area contributed by atoms with Crippen LogP contribution in [-0.2, 0) is 17.2 Å². The predicted molar refractivity (Wildman–Crippen MR) is 72.2 cm³/mol. The first-order valence-electron chi connectivity index (χ1n) is 6.46. The van der Waals surface area contributed by atoms with Gasteiger partial charge in [-0.25, -0.2) is 4.79 Å². The average molecular weight is 262 g/mol. The molecule has 0 aliphatic carbocycles. The van der Waals surface area contributed by atoms with E-state index in [-0.39, 0.29) is 11.2 Å². The average Bonchev–Trinajstić information content (AvgIpc) is 2.64. The Morgan fingerprint density at radius 3 is 2.79 bits per heavy atom. The minimum atomic E-state index is -0.335. The fourth-order valence-corrected chi connectivity index (χ4v) is 2.72. The zero-order valence-corrected chi connectivity index (χ0v) is 11.2. The van der Waals surface area contributed by atoms with Gasteiger partial charge >= 0.3 is 5.76 Å². The highest BCUT2D eigenvalue weighted by Crippen LogP contribution is 2.39. The Hall–Kier alpha value is -1.59. The third-order valence-corrected chi connectivity index (χ3v) is 4.38. The van der Waals surface area contributed by atoms with Gasteiger partial charge < -0.3 is 14.9 Å². The van der Waals surface area contributed by atoms with Gasteiger partial charge in [0.1, 0.15) is 0 Å². The summed E-state index contributed by atoms with van der Waals surface area (Å²) >= 11 is 0. The van der Waals surface area contributed by atoms with Crippen molar-refractivity contribution in [1.29, 1.82) is 0 Å². The topological polar surface area (TPSA) is 70.4 Å². The molecule has 2 aromatic rings. The molecule has 102 valence electrons. The molecule has 1 atom stereocenters. The molecular weight excluding hydrogens is 244 g/mol. The van der Waals surface area contributed by atoms with Crippen LogP contribution >= 0.6 is 0 Å². The van der Waals surface area contributed by atoms with Gasteiger partial charge in [0.25, 0.3) is 0 Å². The molecule has 2 heterocycles. The summed E-state index contributed by atoms with van der Waals surface area (Å²) in [5.74, 6) is 0.000520. The summed E-state index contributed by atoms with van der Waals surface area (Å²) in [4.78, 5) is 11.5. The van der Waals surface area contributed by atoms with Crippen LogP contribution in [0.3, 0.4) is 0 Å². The summed E-state index contributed by atoms with van der Waals surface area (Å²) in [7, 11) is 1.72. The van der Waals surface area contributed by atoms with Crippen LogP contribution in [0.15, 0.2) is 27.4 Å². The van der Waals surface area contributed by atoms with Gasteiger partial charge in [-0.1, -0.05) is 13.0 Å². The molecule has 0 bridgehead atoms. The van der Waals surface area contributed by atoms with Crippen LogP contribution in [0.4, 0.5) is 0 Å². The van der Waals surface area contributed by atoms with Crippen LogP contribution < -0.4 is 11.5 Å². The minimum Gasteiger partial charge on any atom is -0.408 e. The summed E-state index contributed by atoms with van der Waals surface area (Å²) in [6.07, 6.45) is 0. The largest absolute Gasteiger partial charge is 0.419 e. The number of aryl methyl sites for hydroxylation is 1. The van der Waals surface area contributed by atoms with E-state index in [1.54, 1.807) is 7.05 Å². The van der Waals surface area contributed by atoms with E-state index in [9.17, 15) is 4.79 Å². The van der Waals surface area contributed by atoms with E-state index >= 15 is 0 Å². The lowest BCUT2D eigenvalue weighted by Gasteiger charge is -2.46. The maximum Gasteiger partial charge on any atom is 0.419 e. The molecule has 5 nitrogen and oxygen atoms in total. The molecule has 0 radical (unpaired) electrons. The fourth-order valence-electron chi connectivity index (χ4n) is 2.72. The summed E-state index contributed by atoms with van der Waals surface area (Å²) in [6, 6.07) is 5.89. The Morgan fingerprint density at radius 1 is 1.47 bits per heavy atom. The van der Waals surface area contributed by atoms with Crippen LogP contribution in [0.25, 0.3) is 11.1 Å². The number of nitrogens with zero attached hydrogens (tertiary/aromatic N) is 1. The first kappa shape index (κ1) is 12.4. The summed E-state index contributed by atoms with van der Waals surface area (Å²) in [5, 5.41) is 0. The smallest absolute Gasteiger partial charge is 0.408 e. The van der Waals surface area contributed by atoms with Gasteiger partial charge in [-0.15, -0.1) is 0 Å². The molecular formula is C14H18N2O3. The molecule has 1 aliphatic heterocycles. The zero-order chi connectivity index (χ0) is 13.6. The molecule has 5 heteroatoms. The number of fused-ring (bicyclic) bond motifs is 1. The van der Waals surface area contributed by atoms with Crippen molar-refractivity contribution in [3.8, 4) is 0 Å². The third-order valence-electron chi connectivity index (χ3n) is 4.38. The molecule has 0 spiro atoms. The summed E-state index contributed by atoms with van der Waals surface area (Å²) in [6.45, 7) is 4.12. The number of benzene rings is 1. The Kier molecular flexibility index (Phi) is 2.76. The van der Waals surface area contributed by atoms with Crippen LogP contribution in [0, 0.1) is 5.92 Å². The molecule has 0 amide bonds. The molecule has 3 rings (SSSR count). The number of hydrogen-bond donors (Lipinski definition) is 1. The highest BCUT2D eigenvalue weighted by Gasteiger charge is 2.44. The zero-order valence-electron chi connectivity index (χ0n) is 11.2. The van der Waals surface area contributed by atoms with Crippen molar-refractivity contribution in [1.82, 2.24) is 4.57 Å². The molecule has 1 unspecified atom stereocenters. The quantitative estimate of drug-likeness (QED) is 0.895. The van der Waals surface area contributed by atoms with E-state index < -0.39 is 0 Å². The number of rotatable bonds is 3. The van der Waals surface area contributed by atoms with Crippen LogP contribution in [-0.4, -0.2) is 24.3 Å². The Balaban J connectivity index is 2.14. The van der Waals surface area contributed by atoms with E-state index in [4.69, 9.17) is 14.9 Å². The van der Waals surface area contributed by atoms with Crippen molar-refractivity contribution >= 4 is 11.1 Å². The second-order valence-electron chi connectivity index (χ2n) is 5.40. The number of ether oxygens (including phenoxy) is 1. The fraction of sp³-hybridized carbons (Fsp3) is 0.500. The van der Waals surface area contributed by atoms with E-state index in [2.05, 4.69) is 6.92 Å². The van der Waals surface area contributed by atoms with Gasteiger partial charge in [-0.3, -0.25) is 4.57 Å². The van der Waals surface area contributed by atoms with Crippen molar-refractivity contribution < 1.29 is 9.15 Å². The van der Waals surface area contributed by atoms with Crippen molar-refractivity contribution in [2.75, 3.05) is 19.8 Å². The maximum absolute atomic E-state index is 11.5. The van der Waals surface area contributed by atoms with E-state index in [0.29, 0.717) is 31.3 Å². The highest BCUT2D eigenvalue weighted by atomic mass is 16.5. The summed E-state index contributed by atoms with van der Waals surface area (Å²) in [5.41, 5.74) is 8.39. The van der Waals surface area contributed by atoms with Gasteiger partial charge in [0, 0.05) is 12.5 Å². The van der Waals surface area contributed by atoms with Crippen molar-refractivity contribution in [2.45, 2.75) is 12.3 Å². The molecule has 1 aromatic carbocycles. The van der Waals surface area contributed by atoms with Crippen LogP contribution in [0.1, 0.15) is 12.5 Å². The standard InChI is InChI=1S/C14H18N2O3/c1-9(6-15)14(7-18-8-14)10-3-4-12-11(5-10)16(2)13(17)19-12/h3-5,9H,6-8,15H2,1-2H3. The lowest BCUT2D eigenvalue weighted by atomic mass is 9.69. The second kappa shape index (κ2) is 4.21. The van der Waals surface area contributed by atoms with Crippen LogP contribution in [0.5, 0.6) is 0 Å². The van der Waals surface area contributed by atoms with Gasteiger partial charge in [0.2, 0.25) is 0 Å². The molecule has 1 fully saturated rings. The summed E-state index contributed by atoms with van der Waals surface area (Å²) < 4.78 is 12.1. The second-order valence-corrected chi connectivity index (χ2v) is 5.40. The SMILES string of the molecule is CC(CN)C1(c2ccc3oc(=O)n(C)c3c2)COC1. The van der Waals surface area contributed by atoms with Crippen molar-refractivity contribution in [3.63, 3.8) is 0 Å². The van der Waals surface area contributed by atoms with Gasteiger partial charge in [-0.2, -0.15) is 0 Å². The number of aromatic nitrogens is 1. The number of nitrogens with two attached hydrogens (primary N) is 1. The Morgan fingerprint density at radius 2 is 2.21 bits per heavy atom. The molecule has 19 heavy (non-hydrogen) atoms. The van der Waals surface area contributed by atoms with Crippen molar-refractivity contribution in [2.24, 2.45) is 18.7 Å². The normalized spacial score (nSPS) is 19.3. The molecule has 1 aliphatic rings. The lowest BCUT2D eigenvalue weighted by molar-refractivity contribution is -0.0853. The third kappa shape index (κ3) is 1.65. The molecule has 1 aromatic heterocycles. The number of oxazole rings is 1. The first-order valence-corrected chi connectivity index (χ1v) is 6.46. The van der Waals surface area contributed by atoms with Gasteiger partial charge in [0.05, 0.1) is 18.7 Å². The minimum absolute atomic E-state index is 0.0315. The highest BCUT2D eigenvalue weighted by molar-refractivity contribution is 5.74. The monoisotopic (exact) mass is 262 g/mol.